The maximum absolute atomic E-state index is 8.70. The Labute approximate surface area is 92.1 Å². The van der Waals surface area contributed by atoms with E-state index in [1.807, 2.05) is 5.38 Å². The van der Waals surface area contributed by atoms with Gasteiger partial charge in [0.1, 0.15) is 0 Å². The predicted octanol–water partition coefficient (Wildman–Crippen LogP) is -2.94. The van der Waals surface area contributed by atoms with E-state index in [0.717, 1.165) is 0 Å². The third-order valence-corrected chi connectivity index (χ3v) is 0.869. The molecule has 1 heterocycles. The van der Waals surface area contributed by atoms with Crippen molar-refractivity contribution in [1.29, 1.82) is 0 Å². The Morgan fingerprint density at radius 2 is 2.00 bits per heavy atom. The van der Waals surface area contributed by atoms with E-state index in [1.165, 1.54) is 0 Å². The Morgan fingerprint density at radius 1 is 1.55 bits per heavy atom. The molecule has 1 aromatic heterocycles. The van der Waals surface area contributed by atoms with E-state index < -0.39 is 8.25 Å². The van der Waals surface area contributed by atoms with Crippen molar-refractivity contribution in [2.45, 2.75) is 0 Å². The predicted molar refractivity (Wildman–Crippen MR) is 38.9 cm³/mol. The Hall–Kier alpha value is 0.610. The normalized spacial score (nSPS) is 6.00. The molecule has 60 valence electrons. The van der Waals surface area contributed by atoms with Gasteiger partial charge in [0.15, 0.2) is 0 Å². The Morgan fingerprint density at radius 3 is 2.09 bits per heavy atom. The van der Waals surface area contributed by atoms with Crippen LogP contribution in [0.5, 0.6) is 0 Å². The SMILES string of the molecule is O.O=[P+](O)O.[H-].[Na+].c1cscn1. The van der Waals surface area contributed by atoms with Gasteiger partial charge in [-0.05, 0) is 0 Å². The fourth-order valence-corrected chi connectivity index (χ4v) is 0.527. The Balaban J connectivity index is -0.0000000436. The van der Waals surface area contributed by atoms with Crippen molar-refractivity contribution < 1.29 is 50.8 Å². The first-order valence-corrected chi connectivity index (χ1v) is 4.01. The van der Waals surface area contributed by atoms with Gasteiger partial charge in [-0.15, -0.1) is 21.1 Å². The second kappa shape index (κ2) is 13.2. The summed E-state index contributed by atoms with van der Waals surface area (Å²) in [5, 5.41) is 1.93. The smallest absolute Gasteiger partial charge is 1.00 e. The van der Waals surface area contributed by atoms with Crippen molar-refractivity contribution >= 4 is 19.6 Å². The number of aromatic nitrogens is 1. The van der Waals surface area contributed by atoms with Gasteiger partial charge in [-0.25, -0.2) is 0 Å². The number of hydrogen-bond acceptors (Lipinski definition) is 3. The van der Waals surface area contributed by atoms with Gasteiger partial charge < -0.3 is 6.90 Å². The average molecular weight is 208 g/mol. The average Bonchev–Trinajstić information content (AvgIpc) is 2.11. The van der Waals surface area contributed by atoms with Crippen LogP contribution in [0.4, 0.5) is 0 Å². The topological polar surface area (TPSA) is 102 Å². The van der Waals surface area contributed by atoms with Crippen LogP contribution >= 0.6 is 19.6 Å². The molecule has 0 fully saturated rings. The molecule has 0 aliphatic rings. The van der Waals surface area contributed by atoms with Crippen LogP contribution in [0.2, 0.25) is 0 Å². The quantitative estimate of drug-likeness (QED) is 0.352. The van der Waals surface area contributed by atoms with E-state index in [0.29, 0.717) is 0 Å². The summed E-state index contributed by atoms with van der Waals surface area (Å²) in [6, 6.07) is 0. The molecule has 0 aliphatic heterocycles. The third-order valence-electron chi connectivity index (χ3n) is 0.347. The monoisotopic (exact) mass is 208 g/mol. The zero-order valence-electron chi connectivity index (χ0n) is 6.84. The second-order valence-electron chi connectivity index (χ2n) is 0.928. The molecule has 0 radical (unpaired) electrons. The van der Waals surface area contributed by atoms with E-state index in [4.69, 9.17) is 14.4 Å². The summed E-state index contributed by atoms with van der Waals surface area (Å²) < 4.78 is 8.70. The molecule has 11 heavy (non-hydrogen) atoms. The fraction of sp³-hybridized carbons (Fsp3) is 0. The molecule has 1 aromatic rings. The molecule has 0 atom stereocenters. The molecule has 0 saturated heterocycles. The number of thiazole rings is 1. The van der Waals surface area contributed by atoms with Crippen LogP contribution in [0.1, 0.15) is 1.43 Å². The standard InChI is InChI=1S/C3H3NS.Na.HO3P.H2O.H/c1-2-5-3-4-1;;1-4(2)3;;/h1-3H;;(H-,1,2,3);1H2;/q;+1;;;-1/p+1. The van der Waals surface area contributed by atoms with Crippen molar-refractivity contribution in [3.05, 3.63) is 17.1 Å². The maximum Gasteiger partial charge on any atom is 1.00 e. The van der Waals surface area contributed by atoms with Crippen molar-refractivity contribution in [3.63, 3.8) is 0 Å². The van der Waals surface area contributed by atoms with Crippen LogP contribution in [0.15, 0.2) is 17.1 Å². The molecule has 4 N–H and O–H groups in total. The van der Waals surface area contributed by atoms with Crippen LogP contribution in [-0.2, 0) is 4.57 Å². The molecular weight excluding hydrogens is 200 g/mol. The van der Waals surface area contributed by atoms with E-state index >= 15 is 0 Å². The van der Waals surface area contributed by atoms with Crippen LogP contribution in [0.25, 0.3) is 0 Å². The van der Waals surface area contributed by atoms with Crippen LogP contribution in [0.3, 0.4) is 0 Å². The minimum Gasteiger partial charge on any atom is -1.00 e. The van der Waals surface area contributed by atoms with Crippen molar-refractivity contribution in [2.24, 2.45) is 0 Å². The zero-order chi connectivity index (χ0) is 7.11. The van der Waals surface area contributed by atoms with Crippen molar-refractivity contribution in [3.8, 4) is 0 Å². The summed E-state index contributed by atoms with van der Waals surface area (Å²) in [7, 11) is -2.87. The van der Waals surface area contributed by atoms with Gasteiger partial charge in [0.25, 0.3) is 0 Å². The van der Waals surface area contributed by atoms with E-state index in [9.17, 15) is 0 Å². The number of hydrogen-bond donors (Lipinski definition) is 2. The second-order valence-corrected chi connectivity index (χ2v) is 2.19. The molecule has 0 aromatic carbocycles. The van der Waals surface area contributed by atoms with Crippen molar-refractivity contribution in [2.75, 3.05) is 0 Å². The first kappa shape index (κ1) is 17.6. The van der Waals surface area contributed by atoms with Gasteiger partial charge in [-0.2, -0.15) is 0 Å². The van der Waals surface area contributed by atoms with Gasteiger partial charge in [-0.1, -0.05) is 0 Å². The molecular formula is C3H8NNaO4PS+. The summed E-state index contributed by atoms with van der Waals surface area (Å²) >= 11 is 1.60. The molecule has 0 amide bonds. The summed E-state index contributed by atoms with van der Waals surface area (Å²) in [6.45, 7) is 0. The van der Waals surface area contributed by atoms with Crippen LogP contribution in [0, 0.1) is 0 Å². The van der Waals surface area contributed by atoms with Gasteiger partial charge >= 0.3 is 37.8 Å². The largest absolute Gasteiger partial charge is 1.00 e. The van der Waals surface area contributed by atoms with Gasteiger partial charge in [-0.3, -0.25) is 4.98 Å². The Kier molecular flexibility index (Phi) is 21.2. The van der Waals surface area contributed by atoms with E-state index in [-0.39, 0.29) is 36.5 Å². The fourth-order valence-electron chi connectivity index (χ4n) is 0.176. The maximum atomic E-state index is 8.70. The molecule has 0 aliphatic carbocycles. The summed E-state index contributed by atoms with van der Waals surface area (Å²) in [5.41, 5.74) is 1.79. The minimum absolute atomic E-state index is 0. The number of nitrogens with zero attached hydrogens (tertiary/aromatic N) is 1. The third kappa shape index (κ3) is 25.0. The number of rotatable bonds is 0. The van der Waals surface area contributed by atoms with Gasteiger partial charge in [0.05, 0.1) is 5.51 Å². The summed E-state index contributed by atoms with van der Waals surface area (Å²) in [5.74, 6) is 0. The molecule has 0 saturated carbocycles. The molecule has 1 rings (SSSR count). The van der Waals surface area contributed by atoms with E-state index in [2.05, 4.69) is 4.98 Å². The summed E-state index contributed by atoms with van der Waals surface area (Å²) in [6.07, 6.45) is 1.77. The van der Waals surface area contributed by atoms with Crippen molar-refractivity contribution in [1.82, 2.24) is 4.98 Å². The minimum atomic E-state index is -2.87. The molecule has 5 nitrogen and oxygen atoms in total. The molecule has 0 spiro atoms. The summed E-state index contributed by atoms with van der Waals surface area (Å²) in [4.78, 5) is 18.0. The molecule has 0 bridgehead atoms. The van der Waals surface area contributed by atoms with E-state index in [1.54, 1.807) is 23.0 Å². The molecule has 0 unspecified atom stereocenters. The van der Waals surface area contributed by atoms with Gasteiger partial charge in [0, 0.05) is 16.1 Å². The van der Waals surface area contributed by atoms with Gasteiger partial charge in [0.2, 0.25) is 0 Å². The van der Waals surface area contributed by atoms with Crippen LogP contribution < -0.4 is 29.6 Å². The first-order valence-electron chi connectivity index (χ1n) is 1.90. The van der Waals surface area contributed by atoms with Crippen LogP contribution in [-0.4, -0.2) is 20.2 Å². The Bertz CT molecular complexity index is 144. The molecule has 8 heteroatoms. The first-order chi connectivity index (χ1) is 4.23. The zero-order valence-corrected chi connectivity index (χ0v) is 9.55.